The number of hydrogen-bond acceptors (Lipinski definition) is 7. The summed E-state index contributed by atoms with van der Waals surface area (Å²) >= 11 is 0. The van der Waals surface area contributed by atoms with E-state index >= 15 is 0 Å². The van der Waals surface area contributed by atoms with E-state index in [1.165, 1.54) is 32.1 Å². The number of carbonyl (C=O) groups is 1. The average Bonchev–Trinajstić information content (AvgIpc) is 3.15. The number of carbonyl (C=O) groups excluding carboxylic acids is 1. The van der Waals surface area contributed by atoms with Gasteiger partial charge in [-0.05, 0) is 33.6 Å². The largest absolute Gasteiger partial charge is 0.444 e. The molecular weight excluding hydrogens is 521 g/mol. The number of hydrogen-bond donors (Lipinski definition) is 1. The normalized spacial score (nSPS) is 26.1. The zero-order chi connectivity index (χ0) is 21.9. The number of ether oxygens (including phenoxy) is 2. The number of nitrogens with one attached hydrogen (secondary N) is 1. The monoisotopic (exact) mass is 563 g/mol. The van der Waals surface area contributed by atoms with Crippen LogP contribution < -0.4 is 5.32 Å². The summed E-state index contributed by atoms with van der Waals surface area (Å²) in [5.74, 6) is 1.03. The lowest BCUT2D eigenvalue weighted by Gasteiger charge is -2.43. The van der Waals surface area contributed by atoms with Gasteiger partial charge in [-0.2, -0.15) is 0 Å². The third kappa shape index (κ3) is 6.62. The molecule has 3 aliphatic heterocycles. The van der Waals surface area contributed by atoms with Crippen molar-refractivity contribution in [1.82, 2.24) is 20.0 Å². The van der Waals surface area contributed by atoms with Crippen molar-refractivity contribution < 1.29 is 14.3 Å². The molecule has 1 unspecified atom stereocenters. The molecule has 9 heteroatoms. The van der Waals surface area contributed by atoms with Crippen LogP contribution in [-0.4, -0.2) is 104 Å². The Hall–Kier alpha value is -0.810. The molecule has 3 heterocycles. The molecule has 32 heavy (non-hydrogen) atoms. The predicted octanol–water partition coefficient (Wildman–Crippen LogP) is 2.77. The SMILES string of the molecule is CC(C)(C)OC(=O)N1CCN2C(NCC3(CN4CCOCC4)CCCCC3)=NCC2C1.I. The first-order valence-electron chi connectivity index (χ1n) is 12.2. The van der Waals surface area contributed by atoms with E-state index in [2.05, 4.69) is 15.1 Å². The van der Waals surface area contributed by atoms with Crippen LogP contribution in [0.15, 0.2) is 4.99 Å². The lowest BCUT2D eigenvalue weighted by molar-refractivity contribution is 0.00771. The van der Waals surface area contributed by atoms with E-state index in [1.54, 1.807) is 0 Å². The van der Waals surface area contributed by atoms with Gasteiger partial charge in [-0.15, -0.1) is 24.0 Å². The van der Waals surface area contributed by atoms with Crippen molar-refractivity contribution in [3.63, 3.8) is 0 Å². The second-order valence-corrected chi connectivity index (χ2v) is 10.7. The van der Waals surface area contributed by atoms with Crippen molar-refractivity contribution in [2.45, 2.75) is 64.5 Å². The predicted molar refractivity (Wildman–Crippen MR) is 137 cm³/mol. The fourth-order valence-corrected chi connectivity index (χ4v) is 5.42. The van der Waals surface area contributed by atoms with Crippen LogP contribution in [0, 0.1) is 5.41 Å². The van der Waals surface area contributed by atoms with E-state index < -0.39 is 5.60 Å². The van der Waals surface area contributed by atoms with E-state index in [9.17, 15) is 4.79 Å². The number of aliphatic imine (C=N–C) groups is 1. The van der Waals surface area contributed by atoms with Gasteiger partial charge < -0.3 is 24.6 Å². The topological polar surface area (TPSA) is 69.6 Å². The smallest absolute Gasteiger partial charge is 0.410 e. The molecule has 4 aliphatic rings. The molecule has 184 valence electrons. The molecule has 1 amide bonds. The van der Waals surface area contributed by atoms with Crippen LogP contribution >= 0.6 is 24.0 Å². The molecule has 0 aromatic heterocycles. The molecule has 0 aromatic rings. The maximum atomic E-state index is 12.5. The Morgan fingerprint density at radius 2 is 1.88 bits per heavy atom. The van der Waals surface area contributed by atoms with Gasteiger partial charge >= 0.3 is 6.09 Å². The number of nitrogens with zero attached hydrogens (tertiary/aromatic N) is 4. The minimum atomic E-state index is -0.456. The number of piperazine rings is 1. The summed E-state index contributed by atoms with van der Waals surface area (Å²) in [6, 6.07) is 0.255. The first kappa shape index (κ1) is 25.8. The third-order valence-corrected chi connectivity index (χ3v) is 7.06. The van der Waals surface area contributed by atoms with Gasteiger partial charge in [0.1, 0.15) is 5.60 Å². The van der Waals surface area contributed by atoms with Gasteiger partial charge in [0.15, 0.2) is 5.96 Å². The molecule has 1 saturated carbocycles. The second kappa shape index (κ2) is 11.1. The molecule has 3 fully saturated rings. The summed E-state index contributed by atoms with van der Waals surface area (Å²) in [5.41, 5.74) is -0.129. The number of fused-ring (bicyclic) bond motifs is 1. The van der Waals surface area contributed by atoms with E-state index in [1.807, 2.05) is 25.7 Å². The molecule has 4 rings (SSSR count). The van der Waals surface area contributed by atoms with Crippen molar-refractivity contribution in [3.05, 3.63) is 0 Å². The summed E-state index contributed by atoms with van der Waals surface area (Å²) in [4.78, 5) is 24.1. The highest BCUT2D eigenvalue weighted by atomic mass is 127. The van der Waals surface area contributed by atoms with Crippen LogP contribution in [0.25, 0.3) is 0 Å². The number of amides is 1. The molecule has 8 nitrogen and oxygen atoms in total. The Bertz CT molecular complexity index is 657. The fourth-order valence-electron chi connectivity index (χ4n) is 5.42. The van der Waals surface area contributed by atoms with E-state index in [-0.39, 0.29) is 36.1 Å². The first-order valence-corrected chi connectivity index (χ1v) is 12.2. The van der Waals surface area contributed by atoms with Gasteiger partial charge in [0.25, 0.3) is 0 Å². The highest BCUT2D eigenvalue weighted by Crippen LogP contribution is 2.37. The highest BCUT2D eigenvalue weighted by Gasteiger charge is 2.39. The van der Waals surface area contributed by atoms with E-state index in [0.29, 0.717) is 18.5 Å². The summed E-state index contributed by atoms with van der Waals surface area (Å²) in [6.45, 7) is 14.7. The van der Waals surface area contributed by atoms with Gasteiger partial charge in [0.2, 0.25) is 0 Å². The Morgan fingerprint density at radius 1 is 1.16 bits per heavy atom. The van der Waals surface area contributed by atoms with E-state index in [0.717, 1.165) is 58.4 Å². The minimum absolute atomic E-state index is 0. The molecule has 0 bridgehead atoms. The lowest BCUT2D eigenvalue weighted by atomic mass is 9.73. The van der Waals surface area contributed by atoms with Gasteiger partial charge in [-0.1, -0.05) is 19.3 Å². The average molecular weight is 564 g/mol. The van der Waals surface area contributed by atoms with Crippen LogP contribution in [0.1, 0.15) is 52.9 Å². The van der Waals surface area contributed by atoms with Gasteiger partial charge in [0.05, 0.1) is 25.8 Å². The van der Waals surface area contributed by atoms with Crippen LogP contribution in [0.3, 0.4) is 0 Å². The van der Waals surface area contributed by atoms with Gasteiger partial charge in [-0.3, -0.25) is 9.89 Å². The fraction of sp³-hybridized carbons (Fsp3) is 0.913. The molecule has 1 atom stereocenters. The maximum absolute atomic E-state index is 12.5. The summed E-state index contributed by atoms with van der Waals surface area (Å²) in [7, 11) is 0. The summed E-state index contributed by atoms with van der Waals surface area (Å²) in [5, 5.41) is 3.75. The molecule has 0 radical (unpaired) electrons. The van der Waals surface area contributed by atoms with Crippen molar-refractivity contribution in [3.8, 4) is 0 Å². The van der Waals surface area contributed by atoms with Crippen molar-refractivity contribution in [1.29, 1.82) is 0 Å². The van der Waals surface area contributed by atoms with Crippen LogP contribution in [0.5, 0.6) is 0 Å². The Morgan fingerprint density at radius 3 is 2.56 bits per heavy atom. The van der Waals surface area contributed by atoms with Crippen molar-refractivity contribution in [2.24, 2.45) is 10.4 Å². The second-order valence-electron chi connectivity index (χ2n) is 10.7. The molecular formula is C23H42IN5O3. The number of guanidine groups is 1. The van der Waals surface area contributed by atoms with Crippen LogP contribution in [-0.2, 0) is 9.47 Å². The first-order chi connectivity index (χ1) is 14.8. The Kier molecular flexibility index (Phi) is 8.93. The highest BCUT2D eigenvalue weighted by molar-refractivity contribution is 14.0. The molecule has 1 aliphatic carbocycles. The minimum Gasteiger partial charge on any atom is -0.444 e. The number of morpholine rings is 1. The lowest BCUT2D eigenvalue weighted by Crippen LogP contribution is -2.58. The standard InChI is InChI=1S/C23H41N5O3.HI/c1-22(2,3)31-21(29)27-9-10-28-19(16-27)15-24-20(28)25-17-23(7-5-4-6-8-23)18-26-11-13-30-14-12-26;/h19H,4-18H2,1-3H3,(H,24,25);1H. The number of rotatable bonds is 4. The Balaban J connectivity index is 0.00000289. The van der Waals surface area contributed by atoms with Crippen LogP contribution in [0.4, 0.5) is 4.79 Å². The summed E-state index contributed by atoms with van der Waals surface area (Å²) in [6.07, 6.45) is 6.40. The molecule has 1 N–H and O–H groups in total. The van der Waals surface area contributed by atoms with Gasteiger partial charge in [0, 0.05) is 51.2 Å². The van der Waals surface area contributed by atoms with Crippen molar-refractivity contribution >= 4 is 36.0 Å². The summed E-state index contributed by atoms with van der Waals surface area (Å²) < 4.78 is 11.1. The molecule has 2 saturated heterocycles. The zero-order valence-corrected chi connectivity index (χ0v) is 22.4. The Labute approximate surface area is 210 Å². The zero-order valence-electron chi connectivity index (χ0n) is 20.1. The third-order valence-electron chi connectivity index (χ3n) is 7.06. The quantitative estimate of drug-likeness (QED) is 0.531. The van der Waals surface area contributed by atoms with E-state index in [4.69, 9.17) is 14.5 Å². The van der Waals surface area contributed by atoms with Gasteiger partial charge in [-0.25, -0.2) is 4.79 Å². The molecule has 0 spiro atoms. The number of halogens is 1. The van der Waals surface area contributed by atoms with Crippen molar-refractivity contribution in [2.75, 3.05) is 65.6 Å². The maximum Gasteiger partial charge on any atom is 0.410 e. The van der Waals surface area contributed by atoms with Crippen LogP contribution in [0.2, 0.25) is 0 Å². The molecule has 0 aromatic carbocycles.